The van der Waals surface area contributed by atoms with Crippen LogP contribution >= 0.6 is 0 Å². The molecule has 0 saturated carbocycles. The molecule has 2 nitrogen and oxygen atoms in total. The van der Waals surface area contributed by atoms with Crippen LogP contribution in [0, 0.1) is 0 Å². The second-order valence-corrected chi connectivity index (χ2v) is 5.37. The first-order chi connectivity index (χ1) is 9.17. The van der Waals surface area contributed by atoms with Crippen molar-refractivity contribution >= 4 is 11.0 Å². The Labute approximate surface area is 116 Å². The van der Waals surface area contributed by atoms with Gasteiger partial charge in [-0.05, 0) is 32.8 Å². The van der Waals surface area contributed by atoms with Gasteiger partial charge in [-0.15, -0.1) is 0 Å². The first-order valence-corrected chi connectivity index (χ1v) is 7.43. The zero-order valence-corrected chi connectivity index (χ0v) is 12.5. The third-order valence-corrected chi connectivity index (χ3v) is 3.73. The molecule has 0 aliphatic rings. The largest absolute Gasteiger partial charge is 0.459 e. The van der Waals surface area contributed by atoms with E-state index in [0.717, 1.165) is 17.8 Å². The summed E-state index contributed by atoms with van der Waals surface area (Å²) in [6.07, 6.45) is 3.42. The van der Waals surface area contributed by atoms with Crippen LogP contribution < -0.4 is 5.32 Å². The van der Waals surface area contributed by atoms with Crippen molar-refractivity contribution in [1.29, 1.82) is 0 Å². The first-order valence-electron chi connectivity index (χ1n) is 7.43. The summed E-state index contributed by atoms with van der Waals surface area (Å²) in [6.45, 7) is 8.86. The number of nitrogens with one attached hydrogen (secondary N) is 1. The third-order valence-electron chi connectivity index (χ3n) is 3.73. The highest BCUT2D eigenvalue weighted by molar-refractivity contribution is 5.82. The van der Waals surface area contributed by atoms with Gasteiger partial charge in [0.1, 0.15) is 11.3 Å². The molecule has 2 heteroatoms. The van der Waals surface area contributed by atoms with Crippen molar-refractivity contribution in [3.8, 4) is 0 Å². The predicted octanol–water partition coefficient (Wildman–Crippen LogP) is 4.83. The fourth-order valence-corrected chi connectivity index (χ4v) is 2.85. The van der Waals surface area contributed by atoms with Gasteiger partial charge < -0.3 is 9.73 Å². The van der Waals surface area contributed by atoms with Crippen LogP contribution in [0.5, 0.6) is 0 Å². The molecule has 0 fully saturated rings. The molecule has 104 valence electrons. The molecule has 1 aromatic heterocycles. The molecule has 0 radical (unpaired) electrons. The maximum absolute atomic E-state index is 6.07. The van der Waals surface area contributed by atoms with Crippen LogP contribution in [0.4, 0.5) is 0 Å². The van der Waals surface area contributed by atoms with Crippen LogP contribution in [-0.4, -0.2) is 6.04 Å². The van der Waals surface area contributed by atoms with Gasteiger partial charge in [0.25, 0.3) is 0 Å². The molecule has 0 saturated heterocycles. The van der Waals surface area contributed by atoms with Gasteiger partial charge in [-0.2, -0.15) is 0 Å². The molecule has 2 aromatic rings. The zero-order valence-electron chi connectivity index (χ0n) is 12.5. The second-order valence-electron chi connectivity index (χ2n) is 5.37. The number of fused-ring (bicyclic) bond motifs is 1. The maximum Gasteiger partial charge on any atom is 0.134 e. The molecule has 0 aliphatic carbocycles. The van der Waals surface area contributed by atoms with E-state index in [1.54, 1.807) is 0 Å². The van der Waals surface area contributed by atoms with Gasteiger partial charge in [-0.25, -0.2) is 0 Å². The molecule has 2 rings (SSSR count). The van der Waals surface area contributed by atoms with Crippen LogP contribution in [0.1, 0.15) is 57.9 Å². The summed E-state index contributed by atoms with van der Waals surface area (Å²) in [6, 6.07) is 9.12. The molecule has 0 bridgehead atoms. The highest BCUT2D eigenvalue weighted by atomic mass is 16.3. The van der Waals surface area contributed by atoms with Gasteiger partial charge in [-0.1, -0.05) is 38.5 Å². The molecular weight excluding hydrogens is 234 g/mol. The van der Waals surface area contributed by atoms with E-state index in [1.807, 2.05) is 6.07 Å². The number of furan rings is 1. The Morgan fingerprint density at radius 1 is 1.16 bits per heavy atom. The smallest absolute Gasteiger partial charge is 0.134 e. The van der Waals surface area contributed by atoms with E-state index in [1.165, 1.54) is 23.8 Å². The molecule has 0 spiro atoms. The molecular formula is C17H25NO. The van der Waals surface area contributed by atoms with Crippen LogP contribution in [0.15, 0.2) is 28.7 Å². The molecule has 1 N–H and O–H groups in total. The van der Waals surface area contributed by atoms with Gasteiger partial charge in [0, 0.05) is 17.0 Å². The van der Waals surface area contributed by atoms with E-state index in [0.29, 0.717) is 6.04 Å². The highest BCUT2D eigenvalue weighted by Crippen LogP contribution is 2.30. The van der Waals surface area contributed by atoms with Crippen molar-refractivity contribution in [3.63, 3.8) is 0 Å². The normalized spacial score (nSPS) is 14.7. The van der Waals surface area contributed by atoms with E-state index in [4.69, 9.17) is 4.42 Å². The Hall–Kier alpha value is -1.28. The number of benzene rings is 1. The summed E-state index contributed by atoms with van der Waals surface area (Å²) in [5, 5.41) is 4.90. The maximum atomic E-state index is 6.07. The van der Waals surface area contributed by atoms with E-state index in [9.17, 15) is 0 Å². The van der Waals surface area contributed by atoms with E-state index < -0.39 is 0 Å². The minimum Gasteiger partial charge on any atom is -0.459 e. The Morgan fingerprint density at radius 3 is 2.58 bits per heavy atom. The number of aryl methyl sites for hydroxylation is 1. The Kier molecular flexibility index (Phi) is 4.65. The van der Waals surface area contributed by atoms with Crippen LogP contribution in [0.2, 0.25) is 0 Å². The van der Waals surface area contributed by atoms with Gasteiger partial charge >= 0.3 is 0 Å². The second kappa shape index (κ2) is 6.25. The minimum atomic E-state index is 0.267. The van der Waals surface area contributed by atoms with Crippen molar-refractivity contribution in [2.45, 2.75) is 59.0 Å². The van der Waals surface area contributed by atoms with Crippen LogP contribution in [-0.2, 0) is 6.42 Å². The van der Waals surface area contributed by atoms with Crippen molar-refractivity contribution in [3.05, 3.63) is 35.6 Å². The third kappa shape index (κ3) is 3.01. The van der Waals surface area contributed by atoms with Gasteiger partial charge in [0.15, 0.2) is 0 Å². The van der Waals surface area contributed by atoms with Gasteiger partial charge in [0.2, 0.25) is 0 Å². The fraction of sp³-hybridized carbons (Fsp3) is 0.529. The van der Waals surface area contributed by atoms with Crippen molar-refractivity contribution in [2.75, 3.05) is 0 Å². The van der Waals surface area contributed by atoms with Crippen LogP contribution in [0.3, 0.4) is 0 Å². The number of hydrogen-bond acceptors (Lipinski definition) is 2. The summed E-state index contributed by atoms with van der Waals surface area (Å²) >= 11 is 0. The van der Waals surface area contributed by atoms with E-state index in [-0.39, 0.29) is 6.04 Å². The van der Waals surface area contributed by atoms with Crippen molar-refractivity contribution < 1.29 is 4.42 Å². The monoisotopic (exact) mass is 259 g/mol. The molecule has 2 unspecified atom stereocenters. The van der Waals surface area contributed by atoms with Crippen molar-refractivity contribution in [2.24, 2.45) is 0 Å². The summed E-state index contributed by atoms with van der Waals surface area (Å²) < 4.78 is 6.07. The number of rotatable bonds is 6. The SMILES string of the molecule is CCCC(C)NC(C)c1oc2ccccc2c1CC. The standard InChI is InChI=1S/C17H25NO/c1-5-9-12(3)18-13(4)17-14(6-2)15-10-7-8-11-16(15)19-17/h7-8,10-13,18H,5-6,9H2,1-4H3. The van der Waals surface area contributed by atoms with E-state index in [2.05, 4.69) is 51.2 Å². The lowest BCUT2D eigenvalue weighted by atomic mass is 10.0. The summed E-state index contributed by atoms with van der Waals surface area (Å²) in [4.78, 5) is 0. The van der Waals surface area contributed by atoms with Crippen LogP contribution in [0.25, 0.3) is 11.0 Å². The van der Waals surface area contributed by atoms with E-state index >= 15 is 0 Å². The average Bonchev–Trinajstić information content (AvgIpc) is 2.77. The summed E-state index contributed by atoms with van der Waals surface area (Å²) in [7, 11) is 0. The lowest BCUT2D eigenvalue weighted by Crippen LogP contribution is -2.28. The molecule has 1 aromatic carbocycles. The number of hydrogen-bond donors (Lipinski definition) is 1. The molecule has 0 amide bonds. The Balaban J connectivity index is 2.28. The fourth-order valence-electron chi connectivity index (χ4n) is 2.85. The minimum absolute atomic E-state index is 0.267. The summed E-state index contributed by atoms with van der Waals surface area (Å²) in [5.41, 5.74) is 2.35. The number of para-hydroxylation sites is 1. The molecule has 2 atom stereocenters. The molecule has 19 heavy (non-hydrogen) atoms. The summed E-state index contributed by atoms with van der Waals surface area (Å²) in [5.74, 6) is 1.10. The van der Waals surface area contributed by atoms with Crippen molar-refractivity contribution in [1.82, 2.24) is 5.32 Å². The first kappa shape index (κ1) is 14.1. The van der Waals surface area contributed by atoms with Gasteiger partial charge in [-0.3, -0.25) is 0 Å². The van der Waals surface area contributed by atoms with Gasteiger partial charge in [0.05, 0.1) is 6.04 Å². The predicted molar refractivity (Wildman–Crippen MR) is 81.5 cm³/mol. The topological polar surface area (TPSA) is 25.2 Å². The average molecular weight is 259 g/mol. The Morgan fingerprint density at radius 2 is 1.89 bits per heavy atom. The zero-order chi connectivity index (χ0) is 13.8. The Bertz CT molecular complexity index is 529. The lowest BCUT2D eigenvalue weighted by molar-refractivity contribution is 0.395. The highest BCUT2D eigenvalue weighted by Gasteiger charge is 2.19. The quantitative estimate of drug-likeness (QED) is 0.803. The lowest BCUT2D eigenvalue weighted by Gasteiger charge is -2.18. The molecule has 0 aliphatic heterocycles. The molecule has 1 heterocycles.